The van der Waals surface area contributed by atoms with Crippen LogP contribution in [0.3, 0.4) is 0 Å². The lowest BCUT2D eigenvalue weighted by molar-refractivity contribution is 0.366. The third-order valence-electron chi connectivity index (χ3n) is 1.04. The van der Waals surface area contributed by atoms with Gasteiger partial charge in [-0.25, -0.2) is 4.98 Å². The fourth-order valence-corrected chi connectivity index (χ4v) is 0.963. The summed E-state index contributed by atoms with van der Waals surface area (Å²) < 4.78 is 5.82. The lowest BCUT2D eigenvalue weighted by Gasteiger charge is -2.01. The molecule has 3 heteroatoms. The standard InChI is InChI=1S/C8H6BrNO/c1-2-6-11-7-4-3-5-10-8(7)9/h1,3-5H,6H2. The number of nitrogens with zero attached hydrogens (tertiary/aromatic N) is 1. The maximum Gasteiger partial charge on any atom is 0.153 e. The van der Waals surface area contributed by atoms with Crippen molar-refractivity contribution in [3.8, 4) is 18.1 Å². The first kappa shape index (κ1) is 8.09. The Morgan fingerprint density at radius 1 is 1.73 bits per heavy atom. The summed E-state index contributed by atoms with van der Waals surface area (Å²) in [6.07, 6.45) is 6.69. The molecule has 0 aliphatic rings. The van der Waals surface area contributed by atoms with Gasteiger partial charge in [0.2, 0.25) is 0 Å². The van der Waals surface area contributed by atoms with Crippen LogP contribution < -0.4 is 4.74 Å². The van der Waals surface area contributed by atoms with E-state index in [4.69, 9.17) is 11.2 Å². The van der Waals surface area contributed by atoms with Crippen LogP contribution >= 0.6 is 15.9 Å². The Morgan fingerprint density at radius 3 is 3.18 bits per heavy atom. The zero-order chi connectivity index (χ0) is 8.10. The van der Waals surface area contributed by atoms with Crippen molar-refractivity contribution in [2.24, 2.45) is 0 Å². The van der Waals surface area contributed by atoms with Crippen molar-refractivity contribution in [1.29, 1.82) is 0 Å². The first-order chi connectivity index (χ1) is 5.34. The molecule has 0 radical (unpaired) electrons. The Kier molecular flexibility index (Phi) is 2.94. The molecule has 0 amide bonds. The molecule has 1 aromatic rings. The molecule has 0 atom stereocenters. The van der Waals surface area contributed by atoms with Crippen LogP contribution in [0.5, 0.6) is 5.75 Å². The van der Waals surface area contributed by atoms with Gasteiger partial charge >= 0.3 is 0 Å². The minimum Gasteiger partial charge on any atom is -0.478 e. The molecule has 0 saturated heterocycles. The van der Waals surface area contributed by atoms with E-state index >= 15 is 0 Å². The average Bonchev–Trinajstić information content (AvgIpc) is 2.03. The molecule has 0 aliphatic carbocycles. The predicted molar refractivity (Wildman–Crippen MR) is 46.3 cm³/mol. The number of ether oxygens (including phenoxy) is 1. The highest BCUT2D eigenvalue weighted by atomic mass is 79.9. The molecule has 11 heavy (non-hydrogen) atoms. The Balaban J connectivity index is 2.71. The van der Waals surface area contributed by atoms with E-state index in [2.05, 4.69) is 26.8 Å². The Morgan fingerprint density at radius 2 is 2.55 bits per heavy atom. The second-order valence-electron chi connectivity index (χ2n) is 1.79. The fourth-order valence-electron chi connectivity index (χ4n) is 0.598. The Bertz CT molecular complexity index is 280. The van der Waals surface area contributed by atoms with E-state index in [1.807, 2.05) is 0 Å². The van der Waals surface area contributed by atoms with E-state index in [1.54, 1.807) is 18.3 Å². The summed E-state index contributed by atoms with van der Waals surface area (Å²) in [5.74, 6) is 3.04. The average molecular weight is 212 g/mol. The molecule has 0 aliphatic heterocycles. The third-order valence-corrected chi connectivity index (χ3v) is 1.63. The van der Waals surface area contributed by atoms with Crippen molar-refractivity contribution < 1.29 is 4.74 Å². The van der Waals surface area contributed by atoms with E-state index in [-0.39, 0.29) is 6.61 Å². The quantitative estimate of drug-likeness (QED) is 0.551. The largest absolute Gasteiger partial charge is 0.478 e. The van der Waals surface area contributed by atoms with Gasteiger partial charge in [-0.2, -0.15) is 0 Å². The lowest BCUT2D eigenvalue weighted by Crippen LogP contribution is -1.94. The lowest BCUT2D eigenvalue weighted by atomic mass is 10.5. The summed E-state index contributed by atoms with van der Waals surface area (Å²) in [4.78, 5) is 3.96. The van der Waals surface area contributed by atoms with Crippen molar-refractivity contribution in [1.82, 2.24) is 4.98 Å². The Labute approximate surface area is 73.7 Å². The van der Waals surface area contributed by atoms with Gasteiger partial charge in [-0.15, -0.1) is 6.42 Å². The van der Waals surface area contributed by atoms with Gasteiger partial charge in [-0.1, -0.05) is 5.92 Å². The molecule has 0 N–H and O–H groups in total. The number of terminal acetylenes is 1. The molecule has 0 saturated carbocycles. The van der Waals surface area contributed by atoms with Gasteiger partial charge in [-0.05, 0) is 28.1 Å². The summed E-state index contributed by atoms with van der Waals surface area (Å²) in [5.41, 5.74) is 0. The highest BCUT2D eigenvalue weighted by Gasteiger charge is 1.97. The van der Waals surface area contributed by atoms with Crippen LogP contribution in [0.15, 0.2) is 22.9 Å². The molecule has 56 valence electrons. The number of rotatable bonds is 2. The SMILES string of the molecule is C#CCOc1cccnc1Br. The van der Waals surface area contributed by atoms with Gasteiger partial charge in [0.05, 0.1) is 0 Å². The maximum atomic E-state index is 5.14. The molecule has 1 aromatic heterocycles. The molecule has 0 spiro atoms. The van der Waals surface area contributed by atoms with Gasteiger partial charge < -0.3 is 4.74 Å². The van der Waals surface area contributed by atoms with E-state index in [0.29, 0.717) is 10.4 Å². The fraction of sp³-hybridized carbons (Fsp3) is 0.125. The molecular weight excluding hydrogens is 206 g/mol. The molecule has 2 nitrogen and oxygen atoms in total. The second kappa shape index (κ2) is 3.99. The number of hydrogen-bond acceptors (Lipinski definition) is 2. The zero-order valence-electron chi connectivity index (χ0n) is 5.75. The van der Waals surface area contributed by atoms with E-state index in [9.17, 15) is 0 Å². The van der Waals surface area contributed by atoms with Gasteiger partial charge in [0.15, 0.2) is 5.75 Å². The molecule has 0 aromatic carbocycles. The van der Waals surface area contributed by atoms with E-state index in [1.165, 1.54) is 0 Å². The first-order valence-electron chi connectivity index (χ1n) is 3.01. The summed E-state index contributed by atoms with van der Waals surface area (Å²) in [5, 5.41) is 0. The molecule has 0 unspecified atom stereocenters. The first-order valence-corrected chi connectivity index (χ1v) is 3.80. The smallest absolute Gasteiger partial charge is 0.153 e. The summed E-state index contributed by atoms with van der Waals surface area (Å²) >= 11 is 3.22. The van der Waals surface area contributed by atoms with Crippen LogP contribution in [0.25, 0.3) is 0 Å². The van der Waals surface area contributed by atoms with Crippen molar-refractivity contribution >= 4 is 15.9 Å². The second-order valence-corrected chi connectivity index (χ2v) is 2.54. The van der Waals surface area contributed by atoms with Crippen molar-refractivity contribution in [3.05, 3.63) is 22.9 Å². The molecular formula is C8H6BrNO. The number of hydrogen-bond donors (Lipinski definition) is 0. The summed E-state index contributed by atoms with van der Waals surface area (Å²) in [7, 11) is 0. The minimum absolute atomic E-state index is 0.268. The summed E-state index contributed by atoms with van der Waals surface area (Å²) in [6, 6.07) is 3.59. The normalized spacial score (nSPS) is 8.73. The molecule has 0 fully saturated rings. The van der Waals surface area contributed by atoms with E-state index < -0.39 is 0 Å². The van der Waals surface area contributed by atoms with Crippen molar-refractivity contribution in [2.75, 3.05) is 6.61 Å². The zero-order valence-corrected chi connectivity index (χ0v) is 7.34. The van der Waals surface area contributed by atoms with Crippen LogP contribution in [0, 0.1) is 12.3 Å². The van der Waals surface area contributed by atoms with E-state index in [0.717, 1.165) is 0 Å². The van der Waals surface area contributed by atoms with Crippen LogP contribution in [0.4, 0.5) is 0 Å². The van der Waals surface area contributed by atoms with Gasteiger partial charge in [0.25, 0.3) is 0 Å². The van der Waals surface area contributed by atoms with Gasteiger partial charge in [0.1, 0.15) is 11.2 Å². The monoisotopic (exact) mass is 211 g/mol. The highest BCUT2D eigenvalue weighted by Crippen LogP contribution is 2.20. The highest BCUT2D eigenvalue weighted by molar-refractivity contribution is 9.10. The number of aromatic nitrogens is 1. The van der Waals surface area contributed by atoms with Gasteiger partial charge in [-0.3, -0.25) is 0 Å². The third kappa shape index (κ3) is 2.24. The Hall–Kier alpha value is -1.01. The maximum absolute atomic E-state index is 5.14. The molecule has 1 rings (SSSR count). The molecule has 0 bridgehead atoms. The number of pyridine rings is 1. The minimum atomic E-state index is 0.268. The topological polar surface area (TPSA) is 22.1 Å². The van der Waals surface area contributed by atoms with Crippen molar-refractivity contribution in [2.45, 2.75) is 0 Å². The van der Waals surface area contributed by atoms with Crippen LogP contribution in [0.2, 0.25) is 0 Å². The molecule has 1 heterocycles. The van der Waals surface area contributed by atoms with Gasteiger partial charge in [0, 0.05) is 6.20 Å². The van der Waals surface area contributed by atoms with Crippen LogP contribution in [-0.4, -0.2) is 11.6 Å². The summed E-state index contributed by atoms with van der Waals surface area (Å²) in [6.45, 7) is 0.268. The van der Waals surface area contributed by atoms with Crippen molar-refractivity contribution in [3.63, 3.8) is 0 Å². The number of halogens is 1. The van der Waals surface area contributed by atoms with Crippen LogP contribution in [-0.2, 0) is 0 Å². The van der Waals surface area contributed by atoms with Crippen LogP contribution in [0.1, 0.15) is 0 Å². The predicted octanol–water partition coefficient (Wildman–Crippen LogP) is 1.86.